The van der Waals surface area contributed by atoms with Gasteiger partial charge in [0.2, 0.25) is 0 Å². The Balaban J connectivity index is 2.29. The molecule has 0 bridgehead atoms. The molecule has 84 valence electrons. The maximum absolute atomic E-state index is 5.91. The topological polar surface area (TPSA) is 109 Å². The summed E-state index contributed by atoms with van der Waals surface area (Å²) in [5.74, 6) is 0.666. The van der Waals surface area contributed by atoms with Gasteiger partial charge in [0.15, 0.2) is 5.82 Å². The molecule has 0 unspecified atom stereocenters. The van der Waals surface area contributed by atoms with Crippen LogP contribution in [0, 0.1) is 0 Å². The number of nitrogen functional groups attached to an aromatic ring is 2. The van der Waals surface area contributed by atoms with E-state index in [0.717, 1.165) is 0 Å². The van der Waals surface area contributed by atoms with Crippen LogP contribution in [0.3, 0.4) is 0 Å². The number of nitrogens with zero attached hydrogens (tertiary/aromatic N) is 5. The Hall–Kier alpha value is -2.70. The average Bonchev–Trinajstić information content (AvgIpc) is 2.81. The summed E-state index contributed by atoms with van der Waals surface area (Å²) in [5.41, 5.74) is 13.8. The van der Waals surface area contributed by atoms with E-state index in [9.17, 15) is 0 Å². The van der Waals surface area contributed by atoms with Crippen LogP contribution in [0.25, 0.3) is 17.2 Å². The lowest BCUT2D eigenvalue weighted by Gasteiger charge is -2.12. The number of imidazole rings is 1. The molecule has 3 heterocycles. The molecule has 3 rings (SSSR count). The number of hydrogen-bond acceptors (Lipinski definition) is 6. The highest BCUT2D eigenvalue weighted by atomic mass is 15.1. The zero-order chi connectivity index (χ0) is 11.8. The van der Waals surface area contributed by atoms with Crippen LogP contribution in [-0.4, -0.2) is 24.5 Å². The maximum Gasteiger partial charge on any atom is 0.167 e. The molecule has 0 aliphatic carbocycles. The van der Waals surface area contributed by atoms with Gasteiger partial charge in [0.05, 0.1) is 35.7 Å². The Kier molecular flexibility index (Phi) is 1.91. The van der Waals surface area contributed by atoms with Crippen LogP contribution in [0.4, 0.5) is 11.4 Å². The van der Waals surface area contributed by atoms with E-state index < -0.39 is 0 Å². The fourth-order valence-corrected chi connectivity index (χ4v) is 1.61. The lowest BCUT2D eigenvalue weighted by atomic mass is 10.3. The van der Waals surface area contributed by atoms with Crippen molar-refractivity contribution in [2.24, 2.45) is 0 Å². The highest BCUT2D eigenvalue weighted by Gasteiger charge is 2.14. The van der Waals surface area contributed by atoms with Crippen LogP contribution >= 0.6 is 0 Å². The van der Waals surface area contributed by atoms with Gasteiger partial charge >= 0.3 is 0 Å². The van der Waals surface area contributed by atoms with E-state index in [1.165, 1.54) is 12.5 Å². The Morgan fingerprint density at radius 3 is 2.76 bits per heavy atom. The summed E-state index contributed by atoms with van der Waals surface area (Å²) in [6.07, 6.45) is 7.82. The van der Waals surface area contributed by atoms with Gasteiger partial charge in [-0.3, -0.25) is 9.55 Å². The molecule has 1 aromatic rings. The monoisotopic (exact) mass is 227 g/mol. The summed E-state index contributed by atoms with van der Waals surface area (Å²) in [6.45, 7) is 0. The number of rotatable bonds is 1. The van der Waals surface area contributed by atoms with Gasteiger partial charge in [-0.25, -0.2) is 15.0 Å². The number of hydrogen-bond donors (Lipinski definition) is 2. The van der Waals surface area contributed by atoms with Crippen LogP contribution in [0.5, 0.6) is 0 Å². The van der Waals surface area contributed by atoms with Crippen LogP contribution in [0.2, 0.25) is 0 Å². The van der Waals surface area contributed by atoms with Crippen LogP contribution < -0.4 is 11.5 Å². The van der Waals surface area contributed by atoms with Crippen LogP contribution in [0.1, 0.15) is 0 Å². The second-order valence-electron chi connectivity index (χ2n) is 3.51. The summed E-state index contributed by atoms with van der Waals surface area (Å²) >= 11 is 0. The molecule has 7 heteroatoms. The van der Waals surface area contributed by atoms with Gasteiger partial charge in [-0.1, -0.05) is 0 Å². The van der Waals surface area contributed by atoms with E-state index >= 15 is 0 Å². The zero-order valence-corrected chi connectivity index (χ0v) is 8.78. The summed E-state index contributed by atoms with van der Waals surface area (Å²) in [4.78, 5) is 16.3. The molecule has 0 amide bonds. The number of fused-ring (bicyclic) bond motifs is 1. The lowest BCUT2D eigenvalue weighted by molar-refractivity contribution is 0.955. The minimum Gasteiger partial charge on any atom is -0.396 e. The Bertz CT molecular complexity index is 645. The Morgan fingerprint density at radius 2 is 1.88 bits per heavy atom. The third-order valence-electron chi connectivity index (χ3n) is 2.47. The first-order chi connectivity index (χ1) is 8.27. The van der Waals surface area contributed by atoms with Crippen molar-refractivity contribution in [1.82, 2.24) is 24.5 Å². The van der Waals surface area contributed by atoms with Gasteiger partial charge in [-0.15, -0.1) is 0 Å². The number of pyridine rings is 1. The summed E-state index contributed by atoms with van der Waals surface area (Å²) < 4.78 is 1.71. The van der Waals surface area contributed by atoms with Crippen molar-refractivity contribution in [3.63, 3.8) is 0 Å². The van der Waals surface area contributed by atoms with E-state index in [-0.39, 0.29) is 0 Å². The van der Waals surface area contributed by atoms with Crippen molar-refractivity contribution in [2.45, 2.75) is 0 Å². The van der Waals surface area contributed by atoms with Crippen LogP contribution in [0.15, 0.2) is 31.2 Å². The van der Waals surface area contributed by atoms with E-state index in [4.69, 9.17) is 11.5 Å². The SMILES string of the molecule is Nc1cncc(-n2cncc3ncnc2-3)c1N. The van der Waals surface area contributed by atoms with Crippen LogP contribution in [-0.2, 0) is 0 Å². The van der Waals surface area contributed by atoms with E-state index in [0.29, 0.717) is 28.6 Å². The Morgan fingerprint density at radius 1 is 1.00 bits per heavy atom. The quantitative estimate of drug-likeness (QED) is 0.620. The van der Waals surface area contributed by atoms with Crippen molar-refractivity contribution in [3.8, 4) is 17.2 Å². The van der Waals surface area contributed by atoms with E-state index in [2.05, 4.69) is 19.9 Å². The average molecular weight is 227 g/mol. The molecule has 0 spiro atoms. The molecule has 7 nitrogen and oxygen atoms in total. The minimum absolute atomic E-state index is 0.423. The fraction of sp³-hybridized carbons (Fsp3) is 0. The highest BCUT2D eigenvalue weighted by molar-refractivity contribution is 5.73. The van der Waals surface area contributed by atoms with Crippen molar-refractivity contribution in [3.05, 3.63) is 31.2 Å². The molecule has 2 aliphatic heterocycles. The third-order valence-corrected chi connectivity index (χ3v) is 2.47. The molecule has 2 aliphatic rings. The van der Waals surface area contributed by atoms with Crippen molar-refractivity contribution in [2.75, 3.05) is 11.5 Å². The largest absolute Gasteiger partial charge is 0.396 e. The zero-order valence-electron chi connectivity index (χ0n) is 8.78. The molecule has 0 aromatic carbocycles. The van der Waals surface area contributed by atoms with Gasteiger partial charge in [-0.2, -0.15) is 0 Å². The number of aromatic nitrogens is 5. The molecule has 17 heavy (non-hydrogen) atoms. The second kappa shape index (κ2) is 3.41. The molecule has 0 fully saturated rings. The number of anilines is 2. The van der Waals surface area contributed by atoms with Crippen molar-refractivity contribution in [1.29, 1.82) is 0 Å². The predicted molar refractivity (Wildman–Crippen MR) is 62.4 cm³/mol. The van der Waals surface area contributed by atoms with Gasteiger partial charge in [0.1, 0.15) is 18.3 Å². The molecule has 4 N–H and O–H groups in total. The van der Waals surface area contributed by atoms with E-state index in [1.807, 2.05) is 0 Å². The maximum atomic E-state index is 5.91. The summed E-state index contributed by atoms with van der Waals surface area (Å²) in [7, 11) is 0. The summed E-state index contributed by atoms with van der Waals surface area (Å²) in [6, 6.07) is 0. The highest BCUT2D eigenvalue weighted by Crippen LogP contribution is 2.26. The summed E-state index contributed by atoms with van der Waals surface area (Å²) in [5, 5.41) is 0. The Labute approximate surface area is 96.5 Å². The molecular formula is C10H9N7. The molecule has 0 saturated carbocycles. The van der Waals surface area contributed by atoms with Gasteiger partial charge in [0, 0.05) is 0 Å². The van der Waals surface area contributed by atoms with E-state index in [1.54, 1.807) is 23.3 Å². The first-order valence-electron chi connectivity index (χ1n) is 4.90. The first kappa shape index (κ1) is 9.52. The van der Waals surface area contributed by atoms with Gasteiger partial charge in [0.25, 0.3) is 0 Å². The molecular weight excluding hydrogens is 218 g/mol. The van der Waals surface area contributed by atoms with Crippen molar-refractivity contribution >= 4 is 11.4 Å². The fourth-order valence-electron chi connectivity index (χ4n) is 1.61. The second-order valence-corrected chi connectivity index (χ2v) is 3.51. The molecule has 1 aromatic heterocycles. The first-order valence-corrected chi connectivity index (χ1v) is 4.90. The molecule has 0 radical (unpaired) electrons. The van der Waals surface area contributed by atoms with Crippen molar-refractivity contribution < 1.29 is 0 Å². The normalized spacial score (nSPS) is 10.8. The smallest absolute Gasteiger partial charge is 0.167 e. The minimum atomic E-state index is 0.423. The lowest BCUT2D eigenvalue weighted by Crippen LogP contribution is -2.07. The van der Waals surface area contributed by atoms with Gasteiger partial charge < -0.3 is 11.5 Å². The van der Waals surface area contributed by atoms with Gasteiger partial charge in [-0.05, 0) is 0 Å². The molecule has 0 atom stereocenters. The predicted octanol–water partition coefficient (Wildman–Crippen LogP) is 0.327. The molecule has 0 saturated heterocycles. The third kappa shape index (κ3) is 1.36. The standard InChI is InChI=1S/C10H9N7/c11-6-1-13-3-8(9(6)12)17-5-14-2-7-10(17)16-4-15-7/h1-5H,11H2,(H2,12,13). The number of nitrogens with two attached hydrogens (primary N) is 2.